The zero-order chi connectivity index (χ0) is 24.5. The quantitative estimate of drug-likeness (QED) is 0.257. The molecule has 0 bridgehead atoms. The van der Waals surface area contributed by atoms with Gasteiger partial charge >= 0.3 is 5.97 Å². The number of fused-ring (bicyclic) bond motifs is 5. The van der Waals surface area contributed by atoms with Gasteiger partial charge in [0.25, 0.3) is 0 Å². The van der Waals surface area contributed by atoms with Crippen LogP contribution < -0.4 is 26.9 Å². The number of anilines is 2. The van der Waals surface area contributed by atoms with Gasteiger partial charge in [0.1, 0.15) is 27.6 Å². The van der Waals surface area contributed by atoms with Crippen molar-refractivity contribution in [2.75, 3.05) is 23.4 Å². The SMILES string of the molecule is CC1CN(c2c(F)c(NN)c3c(=O)c(C(=O)O)c4sc5cc(F)ccc5n4c3c2F)CC(C)N1. The number of aromatic nitrogens is 1. The van der Waals surface area contributed by atoms with Gasteiger partial charge in [-0.2, -0.15) is 0 Å². The lowest BCUT2D eigenvalue weighted by Gasteiger charge is -2.38. The highest BCUT2D eigenvalue weighted by atomic mass is 32.1. The van der Waals surface area contributed by atoms with Crippen LogP contribution in [-0.2, 0) is 0 Å². The fourth-order valence-corrected chi connectivity index (χ4v) is 6.03. The summed E-state index contributed by atoms with van der Waals surface area (Å²) in [4.78, 5) is 26.8. The lowest BCUT2D eigenvalue weighted by molar-refractivity contribution is 0.0697. The summed E-state index contributed by atoms with van der Waals surface area (Å²) in [5.41, 5.74) is -0.563. The van der Waals surface area contributed by atoms with E-state index in [1.54, 1.807) is 0 Å². The first-order valence-corrected chi connectivity index (χ1v) is 11.3. The molecule has 2 atom stereocenters. The summed E-state index contributed by atoms with van der Waals surface area (Å²) in [5, 5.41) is 12.5. The van der Waals surface area contributed by atoms with Crippen molar-refractivity contribution in [1.29, 1.82) is 0 Å². The van der Waals surface area contributed by atoms with E-state index in [9.17, 15) is 19.1 Å². The lowest BCUT2D eigenvalue weighted by atomic mass is 10.0. The largest absolute Gasteiger partial charge is 0.477 e. The summed E-state index contributed by atoms with van der Waals surface area (Å²) in [6.45, 7) is 4.33. The first-order valence-electron chi connectivity index (χ1n) is 10.5. The number of nitrogens with one attached hydrogen (secondary N) is 2. The Hall–Kier alpha value is -3.35. The van der Waals surface area contributed by atoms with E-state index in [-0.39, 0.29) is 46.7 Å². The molecule has 1 fully saturated rings. The van der Waals surface area contributed by atoms with E-state index >= 15 is 8.78 Å². The van der Waals surface area contributed by atoms with Gasteiger partial charge in [0.15, 0.2) is 11.6 Å². The highest BCUT2D eigenvalue weighted by molar-refractivity contribution is 7.24. The number of halogens is 3. The number of carbonyl (C=O) groups is 1. The van der Waals surface area contributed by atoms with Crippen LogP contribution in [0.15, 0.2) is 23.0 Å². The molecule has 5 rings (SSSR count). The number of benzene rings is 2. The summed E-state index contributed by atoms with van der Waals surface area (Å²) in [7, 11) is 0. The second-order valence-electron chi connectivity index (χ2n) is 8.46. The van der Waals surface area contributed by atoms with E-state index in [2.05, 4.69) is 10.7 Å². The molecule has 2 aromatic carbocycles. The highest BCUT2D eigenvalue weighted by Crippen LogP contribution is 2.40. The van der Waals surface area contributed by atoms with Crippen molar-refractivity contribution in [3.05, 3.63) is 51.4 Å². The number of aromatic carboxylic acids is 1. The summed E-state index contributed by atoms with van der Waals surface area (Å²) in [6.07, 6.45) is 0. The molecular weight excluding hydrogens is 471 g/mol. The van der Waals surface area contributed by atoms with Crippen LogP contribution in [0.5, 0.6) is 0 Å². The monoisotopic (exact) mass is 491 g/mol. The number of hydrazine groups is 1. The van der Waals surface area contributed by atoms with E-state index in [0.717, 1.165) is 17.4 Å². The van der Waals surface area contributed by atoms with Crippen LogP contribution in [0, 0.1) is 17.5 Å². The second kappa shape index (κ2) is 7.86. The van der Waals surface area contributed by atoms with Crippen molar-refractivity contribution in [2.24, 2.45) is 5.84 Å². The van der Waals surface area contributed by atoms with E-state index in [0.29, 0.717) is 4.70 Å². The van der Waals surface area contributed by atoms with Crippen LogP contribution in [0.3, 0.4) is 0 Å². The third kappa shape index (κ3) is 3.13. The predicted molar refractivity (Wildman–Crippen MR) is 125 cm³/mol. The molecule has 1 saturated heterocycles. The number of carboxylic acids is 1. The summed E-state index contributed by atoms with van der Waals surface area (Å²) in [5.74, 6) is 1.31. The van der Waals surface area contributed by atoms with Gasteiger partial charge in [-0.05, 0) is 32.0 Å². The van der Waals surface area contributed by atoms with Gasteiger partial charge < -0.3 is 20.7 Å². The van der Waals surface area contributed by atoms with Gasteiger partial charge in [0.05, 0.1) is 21.1 Å². The molecule has 178 valence electrons. The standard InChI is InChI=1S/C22H20F3N5O3S/c1-8-6-29(7-9(2)27-8)19-15(24)17(28-26)13-18(16(19)25)30-11-4-3-10(23)5-12(11)34-21(30)14(20(13)31)22(32)33/h3-5,8-9,27-28H,6-7,26H2,1-2H3,(H,32,33). The minimum absolute atomic E-state index is 0.0744. The lowest BCUT2D eigenvalue weighted by Crippen LogP contribution is -2.54. The maximum Gasteiger partial charge on any atom is 0.342 e. The molecule has 1 aliphatic rings. The van der Waals surface area contributed by atoms with Gasteiger partial charge in [-0.1, -0.05) is 0 Å². The summed E-state index contributed by atoms with van der Waals surface area (Å²) < 4.78 is 47.4. The fraction of sp³-hybridized carbons (Fsp3) is 0.273. The van der Waals surface area contributed by atoms with Crippen molar-refractivity contribution >= 4 is 54.6 Å². The molecule has 2 aromatic heterocycles. The number of hydrogen-bond donors (Lipinski definition) is 4. The Labute approximate surface area is 194 Å². The van der Waals surface area contributed by atoms with Crippen molar-refractivity contribution < 1.29 is 23.1 Å². The van der Waals surface area contributed by atoms with E-state index < -0.39 is 45.5 Å². The van der Waals surface area contributed by atoms with E-state index in [4.69, 9.17) is 5.84 Å². The number of carboxylic acid groups (broad SMARTS) is 1. The Morgan fingerprint density at radius 1 is 1.21 bits per heavy atom. The number of hydrogen-bond acceptors (Lipinski definition) is 7. The molecule has 0 radical (unpaired) electrons. The van der Waals surface area contributed by atoms with E-state index in [1.807, 2.05) is 13.8 Å². The number of piperazine rings is 1. The first-order chi connectivity index (χ1) is 16.1. The molecule has 3 heterocycles. The zero-order valence-electron chi connectivity index (χ0n) is 18.1. The molecule has 0 spiro atoms. The molecule has 0 aliphatic carbocycles. The van der Waals surface area contributed by atoms with Crippen molar-refractivity contribution in [3.8, 4) is 0 Å². The van der Waals surface area contributed by atoms with Crippen LogP contribution in [-0.4, -0.2) is 40.6 Å². The minimum Gasteiger partial charge on any atom is -0.477 e. The number of nitrogen functional groups attached to an aromatic ring is 1. The van der Waals surface area contributed by atoms with Crippen LogP contribution in [0.4, 0.5) is 24.5 Å². The zero-order valence-corrected chi connectivity index (χ0v) is 18.9. The summed E-state index contributed by atoms with van der Waals surface area (Å²) >= 11 is 0.835. The molecule has 4 aromatic rings. The molecule has 12 heteroatoms. The topological polar surface area (TPSA) is 112 Å². The van der Waals surface area contributed by atoms with Crippen LogP contribution in [0.2, 0.25) is 0 Å². The molecule has 1 aliphatic heterocycles. The number of nitrogens with two attached hydrogens (primary N) is 1. The third-order valence-electron chi connectivity index (χ3n) is 6.03. The Bertz CT molecular complexity index is 1560. The Balaban J connectivity index is 2.02. The van der Waals surface area contributed by atoms with Crippen LogP contribution in [0.1, 0.15) is 24.2 Å². The van der Waals surface area contributed by atoms with Crippen LogP contribution >= 0.6 is 11.3 Å². The van der Waals surface area contributed by atoms with Crippen molar-refractivity contribution in [1.82, 2.24) is 9.72 Å². The normalized spacial score (nSPS) is 18.8. The van der Waals surface area contributed by atoms with Gasteiger partial charge in [0.2, 0.25) is 5.43 Å². The number of nitrogens with zero attached hydrogens (tertiary/aromatic N) is 2. The molecular formula is C22H20F3N5O3S. The number of rotatable bonds is 3. The van der Waals surface area contributed by atoms with E-state index in [1.165, 1.54) is 21.4 Å². The van der Waals surface area contributed by atoms with Gasteiger partial charge in [-0.15, -0.1) is 11.3 Å². The number of pyridine rings is 1. The Morgan fingerprint density at radius 3 is 2.50 bits per heavy atom. The molecule has 0 amide bonds. The van der Waals surface area contributed by atoms with Crippen LogP contribution in [0.25, 0.3) is 25.9 Å². The molecule has 8 nitrogen and oxygen atoms in total. The van der Waals surface area contributed by atoms with Crippen molar-refractivity contribution in [2.45, 2.75) is 25.9 Å². The van der Waals surface area contributed by atoms with Gasteiger partial charge in [-0.25, -0.2) is 18.0 Å². The van der Waals surface area contributed by atoms with Gasteiger partial charge in [0, 0.05) is 25.2 Å². The highest BCUT2D eigenvalue weighted by Gasteiger charge is 2.33. The van der Waals surface area contributed by atoms with Gasteiger partial charge in [-0.3, -0.25) is 15.0 Å². The smallest absolute Gasteiger partial charge is 0.342 e. The molecule has 0 saturated carbocycles. The predicted octanol–water partition coefficient (Wildman–Crippen LogP) is 3.26. The van der Waals surface area contributed by atoms with Crippen molar-refractivity contribution in [3.63, 3.8) is 0 Å². The minimum atomic E-state index is -1.57. The molecule has 2 unspecified atom stereocenters. The maximum atomic E-state index is 16.3. The Kier molecular flexibility index (Phi) is 5.19. The third-order valence-corrected chi connectivity index (χ3v) is 7.15. The fourth-order valence-electron chi connectivity index (χ4n) is 4.83. The maximum absolute atomic E-state index is 16.3. The summed E-state index contributed by atoms with van der Waals surface area (Å²) in [6, 6.07) is 3.52. The molecule has 5 N–H and O–H groups in total. The Morgan fingerprint density at radius 2 is 1.88 bits per heavy atom. The number of thiazole rings is 1. The average molecular weight is 491 g/mol. The first kappa shape index (κ1) is 22.4. The molecule has 34 heavy (non-hydrogen) atoms. The second-order valence-corrected chi connectivity index (χ2v) is 9.49. The average Bonchev–Trinajstić information content (AvgIpc) is 3.10.